The quantitative estimate of drug-likeness (QED) is 0.746. The Hall–Kier alpha value is -1.85. The minimum Gasteiger partial charge on any atom is -0.490 e. The summed E-state index contributed by atoms with van der Waals surface area (Å²) in [7, 11) is 3.56. The summed E-state index contributed by atoms with van der Waals surface area (Å²) in [4.78, 5) is 0. The summed E-state index contributed by atoms with van der Waals surface area (Å²) in [5.41, 5.74) is 2.92. The van der Waals surface area contributed by atoms with Gasteiger partial charge in [0, 0.05) is 24.9 Å². The molecule has 2 rings (SSSR count). The number of hydrogen-bond acceptors (Lipinski definition) is 4. The molecular weight excluding hydrogens is 242 g/mol. The average Bonchev–Trinajstić information content (AvgIpc) is 2.89. The minimum absolute atomic E-state index is 0.529. The van der Waals surface area contributed by atoms with Gasteiger partial charge in [-0.3, -0.25) is 5.10 Å². The standard InChI is InChI=1S/C14H19N3O2/c1-15-10-11-9-13(17-16-11)12-5-3-4-6-14(12)19-8-7-18-2/h3-6,9,15H,7-8,10H2,1-2H3,(H,16,17). The van der Waals surface area contributed by atoms with Gasteiger partial charge in [0.05, 0.1) is 12.3 Å². The van der Waals surface area contributed by atoms with E-state index in [0.29, 0.717) is 13.2 Å². The fraction of sp³-hybridized carbons (Fsp3) is 0.357. The molecule has 102 valence electrons. The van der Waals surface area contributed by atoms with Crippen LogP contribution in [0.25, 0.3) is 11.3 Å². The van der Waals surface area contributed by atoms with Crippen molar-refractivity contribution < 1.29 is 9.47 Å². The van der Waals surface area contributed by atoms with Crippen LogP contribution >= 0.6 is 0 Å². The van der Waals surface area contributed by atoms with Gasteiger partial charge in [-0.2, -0.15) is 5.10 Å². The number of para-hydroxylation sites is 1. The van der Waals surface area contributed by atoms with E-state index in [1.165, 1.54) is 0 Å². The van der Waals surface area contributed by atoms with E-state index in [4.69, 9.17) is 9.47 Å². The van der Waals surface area contributed by atoms with E-state index in [-0.39, 0.29) is 0 Å². The highest BCUT2D eigenvalue weighted by molar-refractivity contribution is 5.67. The predicted molar refractivity (Wildman–Crippen MR) is 74.2 cm³/mol. The van der Waals surface area contributed by atoms with E-state index >= 15 is 0 Å². The maximum absolute atomic E-state index is 5.71. The molecule has 2 N–H and O–H groups in total. The molecule has 0 aliphatic heterocycles. The van der Waals surface area contributed by atoms with Crippen LogP contribution in [0, 0.1) is 0 Å². The van der Waals surface area contributed by atoms with Gasteiger partial charge in [-0.25, -0.2) is 0 Å². The first-order chi connectivity index (χ1) is 9.35. The maximum Gasteiger partial charge on any atom is 0.128 e. The molecule has 0 radical (unpaired) electrons. The molecule has 1 heterocycles. The smallest absolute Gasteiger partial charge is 0.128 e. The number of nitrogens with zero attached hydrogens (tertiary/aromatic N) is 1. The molecule has 0 saturated heterocycles. The second-order valence-electron chi connectivity index (χ2n) is 4.15. The van der Waals surface area contributed by atoms with Crippen molar-refractivity contribution in [1.82, 2.24) is 15.5 Å². The van der Waals surface area contributed by atoms with E-state index in [9.17, 15) is 0 Å². The monoisotopic (exact) mass is 261 g/mol. The largest absolute Gasteiger partial charge is 0.490 e. The number of aromatic amines is 1. The first kappa shape index (κ1) is 13.6. The van der Waals surface area contributed by atoms with Gasteiger partial charge in [0.15, 0.2) is 0 Å². The first-order valence-electron chi connectivity index (χ1n) is 6.25. The molecule has 0 bridgehead atoms. The molecular formula is C14H19N3O2. The second kappa shape index (κ2) is 6.92. The third kappa shape index (κ3) is 3.56. The zero-order chi connectivity index (χ0) is 13.5. The van der Waals surface area contributed by atoms with E-state index in [0.717, 1.165) is 29.2 Å². The van der Waals surface area contributed by atoms with Crippen LogP contribution in [0.4, 0.5) is 0 Å². The summed E-state index contributed by atoms with van der Waals surface area (Å²) < 4.78 is 10.7. The number of nitrogens with one attached hydrogen (secondary N) is 2. The van der Waals surface area contributed by atoms with Crippen LogP contribution in [-0.4, -0.2) is 37.6 Å². The second-order valence-corrected chi connectivity index (χ2v) is 4.15. The van der Waals surface area contributed by atoms with Crippen LogP contribution < -0.4 is 10.1 Å². The summed E-state index contributed by atoms with van der Waals surface area (Å²) in [5, 5.41) is 10.4. The van der Waals surface area contributed by atoms with Gasteiger partial charge in [-0.1, -0.05) is 12.1 Å². The zero-order valence-corrected chi connectivity index (χ0v) is 11.3. The number of rotatable bonds is 7. The lowest BCUT2D eigenvalue weighted by Gasteiger charge is -2.09. The van der Waals surface area contributed by atoms with Crippen molar-refractivity contribution in [1.29, 1.82) is 0 Å². The van der Waals surface area contributed by atoms with E-state index in [1.807, 2.05) is 37.4 Å². The molecule has 0 fully saturated rings. The Morgan fingerprint density at radius 1 is 1.26 bits per heavy atom. The van der Waals surface area contributed by atoms with Gasteiger partial charge in [0.25, 0.3) is 0 Å². The van der Waals surface area contributed by atoms with Gasteiger partial charge in [0.1, 0.15) is 12.4 Å². The summed E-state index contributed by atoms with van der Waals surface area (Å²) in [5.74, 6) is 0.821. The highest BCUT2D eigenvalue weighted by Crippen LogP contribution is 2.28. The predicted octanol–water partition coefficient (Wildman–Crippen LogP) is 1.82. The molecule has 5 nitrogen and oxygen atoms in total. The number of H-pyrrole nitrogens is 1. The Morgan fingerprint density at radius 2 is 2.11 bits per heavy atom. The lowest BCUT2D eigenvalue weighted by atomic mass is 10.1. The molecule has 0 aliphatic rings. The lowest BCUT2D eigenvalue weighted by molar-refractivity contribution is 0.146. The van der Waals surface area contributed by atoms with Crippen molar-refractivity contribution in [2.45, 2.75) is 6.54 Å². The Kier molecular flexibility index (Phi) is 4.94. The van der Waals surface area contributed by atoms with Crippen molar-refractivity contribution in [2.75, 3.05) is 27.4 Å². The average molecular weight is 261 g/mol. The van der Waals surface area contributed by atoms with E-state index in [1.54, 1.807) is 7.11 Å². The van der Waals surface area contributed by atoms with E-state index < -0.39 is 0 Å². The Balaban J connectivity index is 2.17. The zero-order valence-electron chi connectivity index (χ0n) is 11.3. The molecule has 0 aliphatic carbocycles. The summed E-state index contributed by atoms with van der Waals surface area (Å²) in [6.07, 6.45) is 0. The molecule has 2 aromatic rings. The number of aromatic nitrogens is 2. The summed E-state index contributed by atoms with van der Waals surface area (Å²) in [6, 6.07) is 9.89. The molecule has 19 heavy (non-hydrogen) atoms. The summed E-state index contributed by atoms with van der Waals surface area (Å²) >= 11 is 0. The molecule has 0 atom stereocenters. The van der Waals surface area contributed by atoms with Crippen molar-refractivity contribution in [3.63, 3.8) is 0 Å². The van der Waals surface area contributed by atoms with Gasteiger partial charge in [-0.05, 0) is 25.2 Å². The molecule has 0 unspecified atom stereocenters. The fourth-order valence-electron chi connectivity index (χ4n) is 1.82. The van der Waals surface area contributed by atoms with Crippen LogP contribution in [0.2, 0.25) is 0 Å². The van der Waals surface area contributed by atoms with Crippen molar-refractivity contribution in [2.24, 2.45) is 0 Å². The number of benzene rings is 1. The fourth-order valence-corrected chi connectivity index (χ4v) is 1.82. The third-order valence-corrected chi connectivity index (χ3v) is 2.71. The van der Waals surface area contributed by atoms with E-state index in [2.05, 4.69) is 15.5 Å². The van der Waals surface area contributed by atoms with Crippen molar-refractivity contribution in [3.8, 4) is 17.0 Å². The minimum atomic E-state index is 0.529. The van der Waals surface area contributed by atoms with Crippen LogP contribution in [0.15, 0.2) is 30.3 Å². The Labute approximate surface area is 112 Å². The number of ether oxygens (including phenoxy) is 2. The van der Waals surface area contributed by atoms with Gasteiger partial charge < -0.3 is 14.8 Å². The molecule has 1 aromatic carbocycles. The van der Waals surface area contributed by atoms with Crippen molar-refractivity contribution in [3.05, 3.63) is 36.0 Å². The molecule has 5 heteroatoms. The number of methoxy groups -OCH3 is 1. The highest BCUT2D eigenvalue weighted by Gasteiger charge is 2.09. The van der Waals surface area contributed by atoms with Crippen LogP contribution in [-0.2, 0) is 11.3 Å². The van der Waals surface area contributed by atoms with Crippen LogP contribution in [0.1, 0.15) is 5.69 Å². The maximum atomic E-state index is 5.71. The normalized spacial score (nSPS) is 10.6. The first-order valence-corrected chi connectivity index (χ1v) is 6.25. The van der Waals surface area contributed by atoms with Crippen LogP contribution in [0.5, 0.6) is 5.75 Å². The third-order valence-electron chi connectivity index (χ3n) is 2.71. The number of hydrogen-bond donors (Lipinski definition) is 2. The Bertz CT molecular complexity index is 511. The highest BCUT2D eigenvalue weighted by atomic mass is 16.5. The lowest BCUT2D eigenvalue weighted by Crippen LogP contribution is -2.05. The summed E-state index contributed by atoms with van der Waals surface area (Å²) in [6.45, 7) is 1.86. The topological polar surface area (TPSA) is 59.2 Å². The Morgan fingerprint density at radius 3 is 2.89 bits per heavy atom. The van der Waals surface area contributed by atoms with Gasteiger partial charge >= 0.3 is 0 Å². The molecule has 0 amide bonds. The van der Waals surface area contributed by atoms with Crippen LogP contribution in [0.3, 0.4) is 0 Å². The van der Waals surface area contributed by atoms with Gasteiger partial charge in [0.2, 0.25) is 0 Å². The molecule has 0 spiro atoms. The molecule has 0 saturated carbocycles. The van der Waals surface area contributed by atoms with Crippen molar-refractivity contribution >= 4 is 0 Å². The molecule has 1 aromatic heterocycles. The SMILES string of the molecule is CNCc1cc(-c2ccccc2OCCOC)n[nH]1. The van der Waals surface area contributed by atoms with Gasteiger partial charge in [-0.15, -0.1) is 0 Å².